The van der Waals surface area contributed by atoms with Crippen molar-refractivity contribution in [1.29, 1.82) is 0 Å². The Balaban J connectivity index is 3.10. The molecule has 194 valence electrons. The first-order valence-electron chi connectivity index (χ1n) is 15.8. The summed E-state index contributed by atoms with van der Waals surface area (Å²) in [4.78, 5) is 0. The molecular weight excluding hydrogens is 384 g/mol. The maximum Gasteiger partial charge on any atom is -0.0443 e. The molecule has 0 aliphatic heterocycles. The number of hydrogen-bond donors (Lipinski definition) is 0. The summed E-state index contributed by atoms with van der Waals surface area (Å²) in [5.74, 6) is 0.969. The van der Waals surface area contributed by atoms with Crippen LogP contribution in [0.15, 0.2) is 0 Å². The van der Waals surface area contributed by atoms with Gasteiger partial charge in [0, 0.05) is 0 Å². The van der Waals surface area contributed by atoms with Crippen LogP contribution >= 0.6 is 0 Å². The van der Waals surface area contributed by atoms with Crippen molar-refractivity contribution in [2.45, 2.75) is 201 Å². The van der Waals surface area contributed by atoms with Crippen LogP contribution in [0.3, 0.4) is 0 Å². The van der Waals surface area contributed by atoms with Gasteiger partial charge in [-0.25, -0.2) is 0 Å². The molecule has 0 aromatic heterocycles. The summed E-state index contributed by atoms with van der Waals surface area (Å²) >= 11 is 0. The minimum Gasteiger partial charge on any atom is -0.0654 e. The third kappa shape index (κ3) is 28.0. The van der Waals surface area contributed by atoms with Crippen LogP contribution in [-0.2, 0) is 0 Å². The Hall–Kier alpha value is 0. The van der Waals surface area contributed by atoms with Crippen molar-refractivity contribution in [3.05, 3.63) is 0 Å². The molecule has 0 nitrogen and oxygen atoms in total. The summed E-state index contributed by atoms with van der Waals surface area (Å²) in [6.07, 6.45) is 41.3. The van der Waals surface area contributed by atoms with Crippen LogP contribution in [0.5, 0.6) is 0 Å². The van der Waals surface area contributed by atoms with Gasteiger partial charge < -0.3 is 0 Å². The molecule has 0 heterocycles. The second-order valence-electron chi connectivity index (χ2n) is 11.2. The Bertz CT molecular complexity index is 307. The molecule has 0 aromatic carbocycles. The molecule has 0 bridgehead atoms. The third-order valence-corrected chi connectivity index (χ3v) is 7.60. The molecule has 0 aliphatic carbocycles. The smallest absolute Gasteiger partial charge is 0.0443 e. The van der Waals surface area contributed by atoms with Gasteiger partial charge >= 0.3 is 0 Å². The maximum atomic E-state index is 2.49. The predicted octanol–water partition coefficient (Wildman–Crippen LogP) is 12.6. The predicted molar refractivity (Wildman–Crippen MR) is 150 cm³/mol. The zero-order valence-electron chi connectivity index (χ0n) is 23.4. The van der Waals surface area contributed by atoms with Crippen molar-refractivity contribution < 1.29 is 0 Å². The van der Waals surface area contributed by atoms with Crippen molar-refractivity contribution in [1.82, 2.24) is 0 Å². The van der Waals surface area contributed by atoms with Crippen LogP contribution in [0.1, 0.15) is 201 Å². The SMILES string of the molecule is CCCCCCCCCCCCCCCCCCCCCC(C)CCCCCCCCC. The van der Waals surface area contributed by atoms with Crippen LogP contribution in [0, 0.1) is 5.92 Å². The monoisotopic (exact) mass is 451 g/mol. The lowest BCUT2D eigenvalue weighted by Crippen LogP contribution is -1.95. The first kappa shape index (κ1) is 32.0. The second kappa shape index (κ2) is 29.0. The highest BCUT2D eigenvalue weighted by atomic mass is 14.1. The van der Waals surface area contributed by atoms with Crippen molar-refractivity contribution in [2.24, 2.45) is 5.92 Å². The Labute approximate surface area is 206 Å². The fourth-order valence-electron chi connectivity index (χ4n) is 5.17. The van der Waals surface area contributed by atoms with E-state index in [4.69, 9.17) is 0 Å². The highest BCUT2D eigenvalue weighted by molar-refractivity contribution is 4.56. The molecule has 32 heavy (non-hydrogen) atoms. The first-order valence-corrected chi connectivity index (χ1v) is 15.8. The summed E-state index contributed by atoms with van der Waals surface area (Å²) < 4.78 is 0. The van der Waals surface area contributed by atoms with Gasteiger partial charge in [0.25, 0.3) is 0 Å². The van der Waals surface area contributed by atoms with Gasteiger partial charge in [-0.15, -0.1) is 0 Å². The highest BCUT2D eigenvalue weighted by Crippen LogP contribution is 2.19. The number of unbranched alkanes of at least 4 members (excludes halogenated alkanes) is 24. The van der Waals surface area contributed by atoms with Crippen LogP contribution in [0.2, 0.25) is 0 Å². The van der Waals surface area contributed by atoms with Crippen LogP contribution in [-0.4, -0.2) is 0 Å². The lowest BCUT2D eigenvalue weighted by Gasteiger charge is -2.11. The van der Waals surface area contributed by atoms with Gasteiger partial charge in [0.15, 0.2) is 0 Å². The molecule has 0 rings (SSSR count). The van der Waals surface area contributed by atoms with E-state index in [-0.39, 0.29) is 0 Å². The fourth-order valence-corrected chi connectivity index (χ4v) is 5.17. The molecule has 0 saturated carbocycles. The number of rotatable bonds is 28. The van der Waals surface area contributed by atoms with E-state index in [1.54, 1.807) is 0 Å². The molecule has 0 amide bonds. The Morgan fingerprint density at radius 1 is 0.281 bits per heavy atom. The van der Waals surface area contributed by atoms with E-state index >= 15 is 0 Å². The van der Waals surface area contributed by atoms with Gasteiger partial charge in [-0.1, -0.05) is 201 Å². The van der Waals surface area contributed by atoms with E-state index in [1.807, 2.05) is 0 Å². The molecule has 0 spiro atoms. The second-order valence-corrected chi connectivity index (χ2v) is 11.2. The lowest BCUT2D eigenvalue weighted by molar-refractivity contribution is 0.430. The van der Waals surface area contributed by atoms with Gasteiger partial charge in [0.1, 0.15) is 0 Å². The van der Waals surface area contributed by atoms with Gasteiger partial charge in [0.2, 0.25) is 0 Å². The average Bonchev–Trinajstić information content (AvgIpc) is 2.80. The highest BCUT2D eigenvalue weighted by Gasteiger charge is 2.02. The van der Waals surface area contributed by atoms with Gasteiger partial charge in [0.05, 0.1) is 0 Å². The van der Waals surface area contributed by atoms with Crippen LogP contribution < -0.4 is 0 Å². The molecule has 1 unspecified atom stereocenters. The van der Waals surface area contributed by atoms with Crippen molar-refractivity contribution in [2.75, 3.05) is 0 Å². The normalized spacial score (nSPS) is 12.5. The Morgan fingerprint density at radius 3 is 0.688 bits per heavy atom. The van der Waals surface area contributed by atoms with Gasteiger partial charge in [-0.3, -0.25) is 0 Å². The topological polar surface area (TPSA) is 0 Å². The van der Waals surface area contributed by atoms with Gasteiger partial charge in [-0.2, -0.15) is 0 Å². The molecule has 0 radical (unpaired) electrons. The quantitative estimate of drug-likeness (QED) is 0.104. The Morgan fingerprint density at radius 2 is 0.469 bits per heavy atom. The molecule has 0 aliphatic rings. The zero-order chi connectivity index (χ0) is 23.4. The molecule has 0 saturated heterocycles. The van der Waals surface area contributed by atoms with E-state index in [0.717, 1.165) is 5.92 Å². The van der Waals surface area contributed by atoms with Crippen molar-refractivity contribution in [3.63, 3.8) is 0 Å². The summed E-state index contributed by atoms with van der Waals surface area (Å²) in [5.41, 5.74) is 0. The fraction of sp³-hybridized carbons (Fsp3) is 1.00. The van der Waals surface area contributed by atoms with Crippen LogP contribution in [0.4, 0.5) is 0 Å². The molecule has 0 heteroatoms. The lowest BCUT2D eigenvalue weighted by atomic mass is 9.95. The van der Waals surface area contributed by atoms with E-state index in [9.17, 15) is 0 Å². The minimum atomic E-state index is 0.969. The summed E-state index contributed by atoms with van der Waals surface area (Å²) in [7, 11) is 0. The summed E-state index contributed by atoms with van der Waals surface area (Å²) in [6, 6.07) is 0. The first-order chi connectivity index (χ1) is 15.8. The third-order valence-electron chi connectivity index (χ3n) is 7.60. The summed E-state index contributed by atoms with van der Waals surface area (Å²) in [5, 5.41) is 0. The largest absolute Gasteiger partial charge is 0.0654 e. The van der Waals surface area contributed by atoms with Crippen molar-refractivity contribution >= 4 is 0 Å². The molecular formula is C32H66. The van der Waals surface area contributed by atoms with Crippen molar-refractivity contribution in [3.8, 4) is 0 Å². The van der Waals surface area contributed by atoms with E-state index < -0.39 is 0 Å². The zero-order valence-corrected chi connectivity index (χ0v) is 23.4. The van der Waals surface area contributed by atoms with Crippen LogP contribution in [0.25, 0.3) is 0 Å². The van der Waals surface area contributed by atoms with E-state index in [0.29, 0.717) is 0 Å². The standard InChI is InChI=1S/C32H66/c1-4-6-8-10-12-13-14-15-16-17-18-19-20-21-22-23-25-27-29-31-32(3)30-28-26-24-11-9-7-5-2/h32H,4-31H2,1-3H3. The number of hydrogen-bond acceptors (Lipinski definition) is 0. The van der Waals surface area contributed by atoms with E-state index in [1.165, 1.54) is 180 Å². The molecule has 0 fully saturated rings. The minimum absolute atomic E-state index is 0.969. The Kier molecular flexibility index (Phi) is 29.0. The molecule has 0 aromatic rings. The molecule has 1 atom stereocenters. The van der Waals surface area contributed by atoms with E-state index in [2.05, 4.69) is 20.8 Å². The average molecular weight is 451 g/mol. The molecule has 0 N–H and O–H groups in total. The maximum absolute atomic E-state index is 2.49. The van der Waals surface area contributed by atoms with Gasteiger partial charge in [-0.05, 0) is 5.92 Å². The summed E-state index contributed by atoms with van der Waals surface area (Å²) in [6.45, 7) is 7.11.